The summed E-state index contributed by atoms with van der Waals surface area (Å²) in [6.45, 7) is 3.73. The summed E-state index contributed by atoms with van der Waals surface area (Å²) in [6, 6.07) is 10.9. The zero-order chi connectivity index (χ0) is 26.3. The predicted molar refractivity (Wildman–Crippen MR) is 131 cm³/mol. The minimum Gasteiger partial charge on any atom is -0.497 e. The first-order chi connectivity index (χ1) is 17.7. The van der Waals surface area contributed by atoms with E-state index in [1.807, 2.05) is 13.8 Å². The summed E-state index contributed by atoms with van der Waals surface area (Å²) in [5, 5.41) is 11.7. The third kappa shape index (κ3) is 4.07. The third-order valence-corrected chi connectivity index (χ3v) is 6.26. The molecule has 0 radical (unpaired) electrons. The maximum atomic E-state index is 13.7. The Balaban J connectivity index is 1.40. The highest BCUT2D eigenvalue weighted by atomic mass is 16.5. The number of ketones is 1. The largest absolute Gasteiger partial charge is 0.497 e. The Kier molecular flexibility index (Phi) is 5.90. The number of Topliss-reactive ketones (excluding diaryl/α,β-unsaturated/α-hetero) is 1. The van der Waals surface area contributed by atoms with E-state index in [0.717, 1.165) is 0 Å². The first kappa shape index (κ1) is 24.0. The lowest BCUT2D eigenvalue weighted by atomic mass is 9.92. The molecule has 0 aliphatic carbocycles. The van der Waals surface area contributed by atoms with Crippen LogP contribution in [0.5, 0.6) is 17.2 Å². The van der Waals surface area contributed by atoms with Gasteiger partial charge in [0.1, 0.15) is 28.5 Å². The van der Waals surface area contributed by atoms with Gasteiger partial charge in [-0.2, -0.15) is 0 Å². The van der Waals surface area contributed by atoms with Crippen LogP contribution in [0, 0.1) is 5.92 Å². The molecule has 1 aliphatic rings. The summed E-state index contributed by atoms with van der Waals surface area (Å²) >= 11 is 0. The van der Waals surface area contributed by atoms with Crippen molar-refractivity contribution < 1.29 is 28.2 Å². The second-order valence-corrected chi connectivity index (χ2v) is 8.86. The van der Waals surface area contributed by atoms with Crippen LogP contribution in [0.4, 0.5) is 0 Å². The van der Waals surface area contributed by atoms with Gasteiger partial charge in [0.2, 0.25) is 5.78 Å². The molecule has 2 aromatic heterocycles. The van der Waals surface area contributed by atoms with E-state index < -0.39 is 11.4 Å². The highest BCUT2D eigenvalue weighted by Gasteiger charge is 2.53. The zero-order valence-electron chi connectivity index (χ0n) is 20.6. The number of methoxy groups -OCH3 is 2. The van der Waals surface area contributed by atoms with E-state index >= 15 is 0 Å². The summed E-state index contributed by atoms with van der Waals surface area (Å²) in [6.07, 6.45) is 1.57. The van der Waals surface area contributed by atoms with Gasteiger partial charge in [-0.25, -0.2) is 9.48 Å². The van der Waals surface area contributed by atoms with Crippen molar-refractivity contribution in [2.24, 2.45) is 5.92 Å². The Labute approximate surface area is 210 Å². The number of benzene rings is 2. The number of rotatable bonds is 7. The first-order valence-corrected chi connectivity index (χ1v) is 11.5. The van der Waals surface area contributed by atoms with Crippen LogP contribution in [-0.2, 0) is 12.3 Å². The fourth-order valence-corrected chi connectivity index (χ4v) is 4.31. The fourth-order valence-electron chi connectivity index (χ4n) is 4.31. The number of aromatic nitrogens is 3. The molecule has 1 N–H and O–H groups in total. The van der Waals surface area contributed by atoms with Gasteiger partial charge >= 0.3 is 5.63 Å². The highest BCUT2D eigenvalue weighted by molar-refractivity contribution is 6.08. The van der Waals surface area contributed by atoms with E-state index in [1.54, 1.807) is 36.5 Å². The van der Waals surface area contributed by atoms with E-state index in [4.69, 9.17) is 18.6 Å². The van der Waals surface area contributed by atoms with Crippen LogP contribution in [0.15, 0.2) is 57.9 Å². The minimum absolute atomic E-state index is 0.0582. The molecule has 1 amide bonds. The summed E-state index contributed by atoms with van der Waals surface area (Å²) < 4.78 is 23.2. The Bertz CT molecular complexity index is 1570. The van der Waals surface area contributed by atoms with Gasteiger partial charge in [0, 0.05) is 35.1 Å². The second-order valence-electron chi connectivity index (χ2n) is 8.86. The lowest BCUT2D eigenvalue weighted by Crippen LogP contribution is -2.48. The lowest BCUT2D eigenvalue weighted by molar-refractivity contribution is -0.0241. The van der Waals surface area contributed by atoms with Crippen molar-refractivity contribution in [3.05, 3.63) is 75.9 Å². The first-order valence-electron chi connectivity index (χ1n) is 11.5. The summed E-state index contributed by atoms with van der Waals surface area (Å²) in [7, 11) is 3.00. The average Bonchev–Trinajstić information content (AvgIpc) is 3.48. The van der Waals surface area contributed by atoms with Crippen molar-refractivity contribution in [1.29, 1.82) is 0 Å². The van der Waals surface area contributed by atoms with Gasteiger partial charge in [0.25, 0.3) is 11.6 Å². The Hall–Kier alpha value is -4.67. The van der Waals surface area contributed by atoms with Crippen molar-refractivity contribution in [2.45, 2.75) is 26.1 Å². The van der Waals surface area contributed by atoms with E-state index in [-0.39, 0.29) is 29.9 Å². The average molecular weight is 504 g/mol. The maximum Gasteiger partial charge on any atom is 0.336 e. The van der Waals surface area contributed by atoms with Gasteiger partial charge in [-0.05, 0) is 24.3 Å². The second kappa shape index (κ2) is 9.08. The molecule has 1 aliphatic heterocycles. The van der Waals surface area contributed by atoms with Gasteiger partial charge < -0.3 is 23.9 Å². The minimum atomic E-state index is -1.49. The van der Waals surface area contributed by atoms with Crippen molar-refractivity contribution in [1.82, 2.24) is 20.3 Å². The normalized spacial score (nSPS) is 16.5. The van der Waals surface area contributed by atoms with Gasteiger partial charge in [-0.3, -0.25) is 9.59 Å². The molecule has 11 heteroatoms. The number of amides is 1. The molecule has 0 spiro atoms. The van der Waals surface area contributed by atoms with E-state index in [1.165, 1.54) is 31.0 Å². The van der Waals surface area contributed by atoms with Crippen molar-refractivity contribution in [2.75, 3.05) is 14.2 Å². The van der Waals surface area contributed by atoms with E-state index in [2.05, 4.69) is 15.6 Å². The Morgan fingerprint density at radius 3 is 2.49 bits per heavy atom. The van der Waals surface area contributed by atoms with Crippen molar-refractivity contribution >= 4 is 22.7 Å². The van der Waals surface area contributed by atoms with Crippen LogP contribution in [-0.4, -0.2) is 40.9 Å². The van der Waals surface area contributed by atoms with Crippen molar-refractivity contribution in [3.63, 3.8) is 0 Å². The molecule has 0 fully saturated rings. The molecule has 4 aromatic rings. The number of carbonyl (C=O) groups excluding carboxylic acids is 2. The predicted octanol–water partition coefficient (Wildman–Crippen LogP) is 2.92. The van der Waals surface area contributed by atoms with Gasteiger partial charge in [-0.15, -0.1) is 5.10 Å². The SMILES string of the molecule is COc1cc(OC)cc(C(=O)NCc2cn(C3(C(C)C)Oc4cc5oc(=O)ccc5cc4C3=O)nn2)c1. The molecule has 11 nitrogen and oxygen atoms in total. The molecule has 1 atom stereocenters. The monoisotopic (exact) mass is 504 g/mol. The van der Waals surface area contributed by atoms with Crippen LogP contribution >= 0.6 is 0 Å². The number of hydrogen-bond acceptors (Lipinski definition) is 9. The number of hydrogen-bond donors (Lipinski definition) is 1. The molecule has 5 rings (SSSR count). The fraction of sp³-hybridized carbons (Fsp3) is 0.269. The molecule has 190 valence electrons. The lowest BCUT2D eigenvalue weighted by Gasteiger charge is -2.30. The molecule has 37 heavy (non-hydrogen) atoms. The summed E-state index contributed by atoms with van der Waals surface area (Å²) in [4.78, 5) is 38.0. The van der Waals surface area contributed by atoms with Gasteiger partial charge in [-0.1, -0.05) is 19.1 Å². The summed E-state index contributed by atoms with van der Waals surface area (Å²) in [5.74, 6) is 0.262. The molecular weight excluding hydrogens is 480 g/mol. The number of carbonyl (C=O) groups is 2. The van der Waals surface area contributed by atoms with Crippen LogP contribution in [0.2, 0.25) is 0 Å². The molecule has 1 unspecified atom stereocenters. The van der Waals surface area contributed by atoms with Crippen LogP contribution in [0.1, 0.15) is 40.3 Å². The van der Waals surface area contributed by atoms with E-state index in [0.29, 0.717) is 39.3 Å². The molecule has 0 saturated heterocycles. The number of nitrogens with zero attached hydrogens (tertiary/aromatic N) is 3. The maximum absolute atomic E-state index is 13.7. The highest BCUT2D eigenvalue weighted by Crippen LogP contribution is 2.43. The van der Waals surface area contributed by atoms with Gasteiger partial charge in [0.15, 0.2) is 0 Å². The number of fused-ring (bicyclic) bond motifs is 2. The summed E-state index contributed by atoms with van der Waals surface area (Å²) in [5.41, 5.74) is -0.544. The molecule has 2 aromatic carbocycles. The third-order valence-electron chi connectivity index (χ3n) is 6.26. The standard InChI is InChI=1S/C26H24N4O7/c1-14(2)26(24(32)20-9-15-5-6-23(31)36-21(15)11-22(20)37-26)30-13-17(28-29-30)12-27-25(33)16-7-18(34-3)10-19(8-16)35-4/h5-11,13-14H,12H2,1-4H3,(H,27,33). The molecule has 3 heterocycles. The Morgan fingerprint density at radius 2 is 1.81 bits per heavy atom. The van der Waals surface area contributed by atoms with E-state index in [9.17, 15) is 14.4 Å². The molecular formula is C26H24N4O7. The van der Waals surface area contributed by atoms with Crippen molar-refractivity contribution in [3.8, 4) is 17.2 Å². The molecule has 0 bridgehead atoms. The smallest absolute Gasteiger partial charge is 0.336 e. The van der Waals surface area contributed by atoms with Gasteiger partial charge in [0.05, 0.1) is 32.5 Å². The number of ether oxygens (including phenoxy) is 3. The van der Waals surface area contributed by atoms with Crippen LogP contribution < -0.4 is 25.2 Å². The molecule has 0 saturated carbocycles. The number of nitrogens with one attached hydrogen (secondary N) is 1. The van der Waals surface area contributed by atoms with Crippen LogP contribution in [0.3, 0.4) is 0 Å². The van der Waals surface area contributed by atoms with Crippen LogP contribution in [0.25, 0.3) is 11.0 Å². The topological polar surface area (TPSA) is 135 Å². The quantitative estimate of drug-likeness (QED) is 0.377. The zero-order valence-corrected chi connectivity index (χ0v) is 20.6. The Morgan fingerprint density at radius 1 is 1.08 bits per heavy atom.